The molecular formula is C20H18ClN3OS2. The summed E-state index contributed by atoms with van der Waals surface area (Å²) >= 11 is 9.17. The summed E-state index contributed by atoms with van der Waals surface area (Å²) in [6, 6.07) is 11.8. The first kappa shape index (κ1) is 18.4. The lowest BCUT2D eigenvalue weighted by Gasteiger charge is -2.13. The minimum atomic E-state index is -0.0804. The van der Waals surface area contributed by atoms with Crippen LogP contribution in [0.2, 0.25) is 5.02 Å². The van der Waals surface area contributed by atoms with Gasteiger partial charge in [0.15, 0.2) is 0 Å². The zero-order chi connectivity index (χ0) is 18.8. The summed E-state index contributed by atoms with van der Waals surface area (Å²) in [7, 11) is 0. The third kappa shape index (κ3) is 3.99. The van der Waals surface area contributed by atoms with E-state index < -0.39 is 0 Å². The third-order valence-corrected chi connectivity index (χ3v) is 6.42. The van der Waals surface area contributed by atoms with Crippen molar-refractivity contribution in [2.75, 3.05) is 6.54 Å². The fraction of sp³-hybridized carbons (Fsp3) is 0.200. The summed E-state index contributed by atoms with van der Waals surface area (Å²) in [5.74, 6) is 0.665. The predicted molar refractivity (Wildman–Crippen MR) is 115 cm³/mol. The minimum absolute atomic E-state index is 0.0476. The molecular weight excluding hydrogens is 398 g/mol. The quantitative estimate of drug-likeness (QED) is 0.451. The van der Waals surface area contributed by atoms with Crippen molar-refractivity contribution in [3.63, 3.8) is 0 Å². The van der Waals surface area contributed by atoms with Crippen LogP contribution in [0.25, 0.3) is 20.7 Å². The van der Waals surface area contributed by atoms with Gasteiger partial charge in [-0.25, -0.2) is 4.98 Å². The van der Waals surface area contributed by atoms with Gasteiger partial charge in [-0.1, -0.05) is 29.8 Å². The van der Waals surface area contributed by atoms with E-state index >= 15 is 0 Å². The van der Waals surface area contributed by atoms with Crippen LogP contribution in [0.4, 0.5) is 0 Å². The fourth-order valence-electron chi connectivity index (χ4n) is 3.01. The Morgan fingerprint density at radius 3 is 2.93 bits per heavy atom. The maximum atomic E-state index is 12.7. The van der Waals surface area contributed by atoms with Crippen LogP contribution in [-0.4, -0.2) is 16.5 Å². The molecule has 7 heteroatoms. The highest BCUT2D eigenvalue weighted by Crippen LogP contribution is 2.33. The standard InChI is InChI=1S/C20H18ClN3OS2/c1-12(22-8-7-13-4-2-5-14(21)10-13)18-23-19(25)17-15(11-27-20(17)24-18)16-6-3-9-26-16/h2-6,9-12,22H,7-8H2,1H3,(H,23,24,25)/t12-/m1/s1. The van der Waals surface area contributed by atoms with Gasteiger partial charge in [-0.3, -0.25) is 4.79 Å². The molecule has 3 heterocycles. The third-order valence-electron chi connectivity index (χ3n) is 4.41. The Balaban J connectivity index is 1.51. The molecule has 0 bridgehead atoms. The number of rotatable bonds is 6. The van der Waals surface area contributed by atoms with E-state index in [0.717, 1.165) is 33.3 Å². The molecule has 27 heavy (non-hydrogen) atoms. The second-order valence-corrected chi connectivity index (χ2v) is 8.56. The summed E-state index contributed by atoms with van der Waals surface area (Å²) in [6.07, 6.45) is 0.860. The number of halogens is 1. The first-order valence-electron chi connectivity index (χ1n) is 8.65. The Bertz CT molecular complexity index is 1120. The molecule has 4 rings (SSSR count). The molecule has 0 aliphatic heterocycles. The fourth-order valence-corrected chi connectivity index (χ4v) is 4.99. The van der Waals surface area contributed by atoms with Crippen molar-refractivity contribution in [2.24, 2.45) is 0 Å². The molecule has 2 N–H and O–H groups in total. The van der Waals surface area contributed by atoms with E-state index in [0.29, 0.717) is 11.2 Å². The average Bonchev–Trinajstić information content (AvgIpc) is 3.31. The van der Waals surface area contributed by atoms with E-state index in [2.05, 4.69) is 16.4 Å². The lowest BCUT2D eigenvalue weighted by molar-refractivity contribution is 0.550. The van der Waals surface area contributed by atoms with Gasteiger partial charge in [0.05, 0.1) is 11.4 Å². The van der Waals surface area contributed by atoms with Gasteiger partial charge in [-0.2, -0.15) is 0 Å². The van der Waals surface area contributed by atoms with Crippen LogP contribution < -0.4 is 10.9 Å². The minimum Gasteiger partial charge on any atom is -0.309 e. The van der Waals surface area contributed by atoms with Crippen LogP contribution in [-0.2, 0) is 6.42 Å². The molecule has 0 fully saturated rings. The highest BCUT2D eigenvalue weighted by molar-refractivity contribution is 7.18. The van der Waals surface area contributed by atoms with Crippen molar-refractivity contribution >= 4 is 44.5 Å². The van der Waals surface area contributed by atoms with Crippen molar-refractivity contribution in [1.29, 1.82) is 0 Å². The van der Waals surface area contributed by atoms with Gasteiger partial charge >= 0.3 is 0 Å². The number of nitrogens with one attached hydrogen (secondary N) is 2. The summed E-state index contributed by atoms with van der Waals surface area (Å²) in [5, 5.41) is 8.88. The summed E-state index contributed by atoms with van der Waals surface area (Å²) in [4.78, 5) is 22.2. The number of nitrogens with zero attached hydrogens (tertiary/aromatic N) is 1. The Morgan fingerprint density at radius 2 is 2.15 bits per heavy atom. The van der Waals surface area contributed by atoms with Crippen LogP contribution in [0.1, 0.15) is 24.4 Å². The molecule has 3 aromatic heterocycles. The highest BCUT2D eigenvalue weighted by atomic mass is 35.5. The molecule has 1 atom stereocenters. The van der Waals surface area contributed by atoms with Crippen molar-refractivity contribution in [1.82, 2.24) is 15.3 Å². The molecule has 4 nitrogen and oxygen atoms in total. The van der Waals surface area contributed by atoms with Crippen molar-refractivity contribution in [3.8, 4) is 10.4 Å². The molecule has 0 aliphatic carbocycles. The van der Waals surface area contributed by atoms with Gasteiger partial charge in [-0.05, 0) is 49.0 Å². The Kier molecular flexibility index (Phi) is 5.41. The number of hydrogen-bond acceptors (Lipinski definition) is 5. The summed E-state index contributed by atoms with van der Waals surface area (Å²) < 4.78 is 0. The predicted octanol–water partition coefficient (Wildman–Crippen LogP) is 5.26. The second-order valence-electron chi connectivity index (χ2n) is 6.31. The Hall–Kier alpha value is -1.99. The normalized spacial score (nSPS) is 12.5. The van der Waals surface area contributed by atoms with Gasteiger partial charge in [0, 0.05) is 20.8 Å². The van der Waals surface area contributed by atoms with Gasteiger partial charge in [0.1, 0.15) is 10.7 Å². The molecule has 138 valence electrons. The Labute approximate surface area is 169 Å². The first-order chi connectivity index (χ1) is 13.1. The van der Waals surface area contributed by atoms with Crippen LogP contribution in [0.15, 0.2) is 52.0 Å². The molecule has 4 aromatic rings. The Morgan fingerprint density at radius 1 is 1.26 bits per heavy atom. The lowest BCUT2D eigenvalue weighted by atomic mass is 10.1. The number of aromatic amines is 1. The maximum Gasteiger partial charge on any atom is 0.260 e. The average molecular weight is 416 g/mol. The largest absolute Gasteiger partial charge is 0.309 e. The van der Waals surface area contributed by atoms with E-state index in [1.165, 1.54) is 16.9 Å². The van der Waals surface area contributed by atoms with Gasteiger partial charge < -0.3 is 10.3 Å². The second kappa shape index (κ2) is 7.94. The summed E-state index contributed by atoms with van der Waals surface area (Å²) in [6.45, 7) is 2.78. The zero-order valence-electron chi connectivity index (χ0n) is 14.7. The van der Waals surface area contributed by atoms with E-state index in [-0.39, 0.29) is 11.6 Å². The van der Waals surface area contributed by atoms with E-state index in [1.807, 2.05) is 48.0 Å². The van der Waals surface area contributed by atoms with E-state index in [1.54, 1.807) is 11.3 Å². The monoisotopic (exact) mass is 415 g/mol. The number of benzene rings is 1. The molecule has 0 aliphatic rings. The number of fused-ring (bicyclic) bond motifs is 1. The first-order valence-corrected chi connectivity index (χ1v) is 10.8. The maximum absolute atomic E-state index is 12.7. The van der Waals surface area contributed by atoms with Gasteiger partial charge in [0.25, 0.3) is 5.56 Å². The topological polar surface area (TPSA) is 57.8 Å². The van der Waals surface area contributed by atoms with Crippen LogP contribution in [0.3, 0.4) is 0 Å². The number of thiophene rings is 2. The van der Waals surface area contributed by atoms with Crippen molar-refractivity contribution in [2.45, 2.75) is 19.4 Å². The lowest BCUT2D eigenvalue weighted by Crippen LogP contribution is -2.25. The highest BCUT2D eigenvalue weighted by Gasteiger charge is 2.16. The molecule has 0 unspecified atom stereocenters. The summed E-state index contributed by atoms with van der Waals surface area (Å²) in [5.41, 5.74) is 2.06. The van der Waals surface area contributed by atoms with Crippen LogP contribution in [0, 0.1) is 0 Å². The smallest absolute Gasteiger partial charge is 0.260 e. The number of aromatic nitrogens is 2. The number of hydrogen-bond donors (Lipinski definition) is 2. The molecule has 0 radical (unpaired) electrons. The zero-order valence-corrected chi connectivity index (χ0v) is 17.0. The molecule has 0 spiro atoms. The molecule has 0 saturated carbocycles. The molecule has 0 amide bonds. The number of H-pyrrole nitrogens is 1. The van der Waals surface area contributed by atoms with Crippen LogP contribution >= 0.6 is 34.3 Å². The SMILES string of the molecule is C[C@@H](NCCc1cccc(Cl)c1)c1nc2scc(-c3cccs3)c2c(=O)[nH]1. The van der Waals surface area contributed by atoms with Gasteiger partial charge in [0.2, 0.25) is 0 Å². The molecule has 1 aromatic carbocycles. The molecule has 0 saturated heterocycles. The van der Waals surface area contributed by atoms with Gasteiger partial charge in [-0.15, -0.1) is 22.7 Å². The van der Waals surface area contributed by atoms with E-state index in [9.17, 15) is 4.79 Å². The van der Waals surface area contributed by atoms with Crippen LogP contribution in [0.5, 0.6) is 0 Å². The van der Waals surface area contributed by atoms with Crippen molar-refractivity contribution < 1.29 is 0 Å². The van der Waals surface area contributed by atoms with E-state index in [4.69, 9.17) is 16.6 Å². The van der Waals surface area contributed by atoms with Crippen molar-refractivity contribution in [3.05, 3.63) is 73.9 Å².